The Balaban J connectivity index is 1.84. The third kappa shape index (κ3) is 3.57. The average molecular weight is 382 g/mol. The summed E-state index contributed by atoms with van der Waals surface area (Å²) < 4.78 is 0. The van der Waals surface area contributed by atoms with Crippen molar-refractivity contribution in [3.05, 3.63) is 101 Å². The average Bonchev–Trinajstić information content (AvgIpc) is 2.92. The molecule has 4 nitrogen and oxygen atoms in total. The molecule has 3 aromatic rings. The summed E-state index contributed by atoms with van der Waals surface area (Å²) in [5.74, 6) is -0.665. The Morgan fingerprint density at radius 1 is 0.690 bits per heavy atom. The van der Waals surface area contributed by atoms with Crippen LogP contribution >= 0.6 is 0 Å². The van der Waals surface area contributed by atoms with Gasteiger partial charge in [-0.1, -0.05) is 54.1 Å². The Kier molecular flexibility index (Phi) is 4.77. The molecule has 0 aliphatic carbocycles. The molecular formula is C25H22N2O2. The number of rotatable bonds is 4. The lowest BCUT2D eigenvalue weighted by Crippen LogP contribution is -2.32. The fourth-order valence-corrected chi connectivity index (χ4v) is 3.61. The van der Waals surface area contributed by atoms with Crippen molar-refractivity contribution in [2.75, 3.05) is 10.2 Å². The summed E-state index contributed by atoms with van der Waals surface area (Å²) in [7, 11) is 0. The van der Waals surface area contributed by atoms with E-state index in [9.17, 15) is 9.59 Å². The topological polar surface area (TPSA) is 49.4 Å². The lowest BCUT2D eigenvalue weighted by Gasteiger charge is -2.17. The number of amides is 2. The van der Waals surface area contributed by atoms with Crippen LogP contribution in [0.1, 0.15) is 22.3 Å². The molecule has 4 heteroatoms. The number of hydrogen-bond acceptors (Lipinski definition) is 3. The zero-order valence-corrected chi connectivity index (χ0v) is 16.7. The van der Waals surface area contributed by atoms with Crippen LogP contribution in [-0.4, -0.2) is 11.8 Å². The van der Waals surface area contributed by atoms with E-state index in [1.807, 2.05) is 93.6 Å². The van der Waals surface area contributed by atoms with E-state index in [1.165, 1.54) is 4.90 Å². The molecule has 1 N–H and O–H groups in total. The Morgan fingerprint density at radius 2 is 1.31 bits per heavy atom. The zero-order chi connectivity index (χ0) is 20.5. The minimum atomic E-state index is -0.348. The first kappa shape index (κ1) is 18.7. The molecule has 3 aromatic carbocycles. The molecule has 2 amide bonds. The molecule has 0 saturated carbocycles. The summed E-state index contributed by atoms with van der Waals surface area (Å²) >= 11 is 0. The second-order valence-electron chi connectivity index (χ2n) is 7.40. The number of imide groups is 1. The second-order valence-corrected chi connectivity index (χ2v) is 7.40. The molecule has 144 valence electrons. The van der Waals surface area contributed by atoms with Crippen molar-refractivity contribution in [2.24, 2.45) is 0 Å². The molecule has 0 saturated heterocycles. The van der Waals surface area contributed by atoms with Gasteiger partial charge in [0.05, 0.1) is 11.3 Å². The number of anilines is 2. The molecule has 0 spiro atoms. The second kappa shape index (κ2) is 7.40. The van der Waals surface area contributed by atoms with E-state index in [4.69, 9.17) is 0 Å². The summed E-state index contributed by atoms with van der Waals surface area (Å²) in [6.07, 6.45) is 0. The Labute approximate surface area is 170 Å². The van der Waals surface area contributed by atoms with Crippen molar-refractivity contribution in [3.63, 3.8) is 0 Å². The predicted octanol–water partition coefficient (Wildman–Crippen LogP) is 5.01. The molecule has 0 aromatic heterocycles. The summed E-state index contributed by atoms with van der Waals surface area (Å²) in [6.45, 7) is 5.91. The van der Waals surface area contributed by atoms with Crippen LogP contribution in [0.5, 0.6) is 0 Å². The number of carbonyl (C=O) groups is 2. The van der Waals surface area contributed by atoms with Crippen molar-refractivity contribution in [2.45, 2.75) is 20.8 Å². The Bertz CT molecular complexity index is 1110. The quantitative estimate of drug-likeness (QED) is 0.646. The van der Waals surface area contributed by atoms with Crippen LogP contribution in [0.25, 0.3) is 5.57 Å². The fraction of sp³-hybridized carbons (Fsp3) is 0.120. The minimum Gasteiger partial charge on any atom is -0.350 e. The number of nitrogens with one attached hydrogen (secondary N) is 1. The van der Waals surface area contributed by atoms with E-state index >= 15 is 0 Å². The van der Waals surface area contributed by atoms with E-state index in [-0.39, 0.29) is 11.8 Å². The smallest absolute Gasteiger partial charge is 0.282 e. The lowest BCUT2D eigenvalue weighted by atomic mass is 10.0. The van der Waals surface area contributed by atoms with Crippen molar-refractivity contribution in [1.29, 1.82) is 0 Å². The highest BCUT2D eigenvalue weighted by atomic mass is 16.2. The molecular weight excluding hydrogens is 360 g/mol. The normalized spacial score (nSPS) is 14.0. The van der Waals surface area contributed by atoms with Gasteiger partial charge < -0.3 is 5.32 Å². The highest BCUT2D eigenvalue weighted by molar-refractivity contribution is 6.46. The number of carbonyl (C=O) groups excluding carboxylic acids is 2. The lowest BCUT2D eigenvalue weighted by molar-refractivity contribution is -0.120. The van der Waals surface area contributed by atoms with E-state index in [0.29, 0.717) is 17.0 Å². The van der Waals surface area contributed by atoms with Crippen LogP contribution in [0.4, 0.5) is 11.4 Å². The molecule has 1 aliphatic heterocycles. The maximum atomic E-state index is 13.4. The van der Waals surface area contributed by atoms with E-state index in [0.717, 1.165) is 27.9 Å². The number of para-hydroxylation sites is 1. The Hall–Kier alpha value is -3.66. The van der Waals surface area contributed by atoms with Gasteiger partial charge in [-0.25, -0.2) is 4.90 Å². The maximum Gasteiger partial charge on any atom is 0.282 e. The molecule has 29 heavy (non-hydrogen) atoms. The number of aryl methyl sites for hydroxylation is 3. The van der Waals surface area contributed by atoms with Crippen molar-refractivity contribution in [3.8, 4) is 0 Å². The molecule has 0 fully saturated rings. The number of nitrogens with zero attached hydrogens (tertiary/aromatic N) is 1. The first-order chi connectivity index (χ1) is 13.9. The maximum absolute atomic E-state index is 13.4. The molecule has 1 aliphatic rings. The number of benzene rings is 3. The van der Waals surface area contributed by atoms with Gasteiger partial charge in [-0.05, 0) is 61.7 Å². The van der Waals surface area contributed by atoms with Gasteiger partial charge in [0.1, 0.15) is 5.70 Å². The monoisotopic (exact) mass is 382 g/mol. The third-order valence-electron chi connectivity index (χ3n) is 4.93. The zero-order valence-electron chi connectivity index (χ0n) is 16.7. The van der Waals surface area contributed by atoms with Crippen molar-refractivity contribution < 1.29 is 9.59 Å². The van der Waals surface area contributed by atoms with Crippen LogP contribution in [0.15, 0.2) is 78.5 Å². The first-order valence-electron chi connectivity index (χ1n) is 9.54. The Morgan fingerprint density at radius 3 is 1.93 bits per heavy atom. The molecule has 1 heterocycles. The van der Waals surface area contributed by atoms with Crippen LogP contribution in [-0.2, 0) is 9.59 Å². The standard InChI is InChI=1S/C25H22N2O2/c1-16-9-11-19(12-10-16)22-23(26-20-7-5-4-6-8-20)25(29)27(24(22)28)21-14-17(2)13-18(3)15-21/h4-15,26H,1-3H3. The van der Waals surface area contributed by atoms with Gasteiger partial charge in [-0.2, -0.15) is 0 Å². The predicted molar refractivity (Wildman–Crippen MR) is 117 cm³/mol. The highest BCUT2D eigenvalue weighted by Gasteiger charge is 2.40. The van der Waals surface area contributed by atoms with Crippen LogP contribution in [0.2, 0.25) is 0 Å². The summed E-state index contributed by atoms with van der Waals surface area (Å²) in [5, 5.41) is 3.18. The van der Waals surface area contributed by atoms with Crippen molar-refractivity contribution >= 4 is 28.8 Å². The van der Waals surface area contributed by atoms with Gasteiger partial charge in [0.2, 0.25) is 0 Å². The summed E-state index contributed by atoms with van der Waals surface area (Å²) in [4.78, 5) is 28.1. The molecule has 0 radical (unpaired) electrons. The van der Waals surface area contributed by atoms with E-state index < -0.39 is 0 Å². The van der Waals surface area contributed by atoms with Gasteiger partial charge in [-0.15, -0.1) is 0 Å². The van der Waals surface area contributed by atoms with Gasteiger partial charge >= 0.3 is 0 Å². The molecule has 0 unspecified atom stereocenters. The minimum absolute atomic E-state index is 0.296. The third-order valence-corrected chi connectivity index (χ3v) is 4.93. The van der Waals surface area contributed by atoms with Gasteiger partial charge in [-0.3, -0.25) is 9.59 Å². The number of hydrogen-bond donors (Lipinski definition) is 1. The van der Waals surface area contributed by atoms with E-state index in [1.54, 1.807) is 0 Å². The summed E-state index contributed by atoms with van der Waals surface area (Å²) in [5.41, 5.74) is 5.85. The fourth-order valence-electron chi connectivity index (χ4n) is 3.61. The highest BCUT2D eigenvalue weighted by Crippen LogP contribution is 2.34. The van der Waals surface area contributed by atoms with Gasteiger partial charge in [0.25, 0.3) is 11.8 Å². The first-order valence-corrected chi connectivity index (χ1v) is 9.54. The SMILES string of the molecule is Cc1ccc(C2=C(Nc3ccccc3)C(=O)N(c3cc(C)cc(C)c3)C2=O)cc1. The largest absolute Gasteiger partial charge is 0.350 e. The van der Waals surface area contributed by atoms with Crippen LogP contribution < -0.4 is 10.2 Å². The van der Waals surface area contributed by atoms with Crippen LogP contribution in [0.3, 0.4) is 0 Å². The van der Waals surface area contributed by atoms with Crippen molar-refractivity contribution in [1.82, 2.24) is 0 Å². The van der Waals surface area contributed by atoms with Gasteiger partial charge in [0, 0.05) is 5.69 Å². The van der Waals surface area contributed by atoms with Crippen LogP contribution in [0, 0.1) is 20.8 Å². The molecule has 0 bridgehead atoms. The van der Waals surface area contributed by atoms with E-state index in [2.05, 4.69) is 5.32 Å². The molecule has 0 atom stereocenters. The molecule has 4 rings (SSSR count). The van der Waals surface area contributed by atoms with Gasteiger partial charge in [0.15, 0.2) is 0 Å². The summed E-state index contributed by atoms with van der Waals surface area (Å²) in [6, 6.07) is 22.8.